The van der Waals surface area contributed by atoms with Gasteiger partial charge < -0.3 is 15.0 Å². The Hall–Kier alpha value is -2.63. The summed E-state index contributed by atoms with van der Waals surface area (Å²) in [6, 6.07) is 6.67. The zero-order chi connectivity index (χ0) is 18.1. The zero-order valence-electron chi connectivity index (χ0n) is 14.4. The van der Waals surface area contributed by atoms with Gasteiger partial charge in [0.25, 0.3) is 5.91 Å². The van der Waals surface area contributed by atoms with Crippen molar-refractivity contribution in [1.82, 2.24) is 10.2 Å². The highest BCUT2D eigenvalue weighted by atomic mass is 16.5. The smallest absolute Gasteiger partial charge is 0.338 e. The van der Waals surface area contributed by atoms with Crippen molar-refractivity contribution in [2.24, 2.45) is 0 Å². The fraction of sp³-hybridized carbons (Fsp3) is 0.389. The molecule has 0 saturated carbocycles. The topological polar surface area (TPSA) is 75.7 Å². The zero-order valence-corrected chi connectivity index (χ0v) is 14.4. The van der Waals surface area contributed by atoms with E-state index in [9.17, 15) is 14.4 Å². The van der Waals surface area contributed by atoms with E-state index in [1.165, 1.54) is 6.92 Å². The average molecular weight is 332 g/mol. The van der Waals surface area contributed by atoms with Gasteiger partial charge >= 0.3 is 5.97 Å². The van der Waals surface area contributed by atoms with Gasteiger partial charge in [-0.05, 0) is 31.5 Å². The monoisotopic (exact) mass is 332 g/mol. The van der Waals surface area contributed by atoms with Gasteiger partial charge in [0.15, 0.2) is 6.61 Å². The van der Waals surface area contributed by atoms with Crippen LogP contribution in [0.5, 0.6) is 0 Å². The van der Waals surface area contributed by atoms with Crippen molar-refractivity contribution in [3.63, 3.8) is 0 Å². The van der Waals surface area contributed by atoms with E-state index in [1.807, 2.05) is 13.8 Å². The molecule has 2 amide bonds. The number of amides is 2. The van der Waals surface area contributed by atoms with E-state index in [4.69, 9.17) is 4.74 Å². The van der Waals surface area contributed by atoms with Gasteiger partial charge in [-0.15, -0.1) is 0 Å². The number of hydrogen-bond donors (Lipinski definition) is 1. The maximum absolute atomic E-state index is 12.0. The molecule has 130 valence electrons. The Balaban J connectivity index is 2.54. The van der Waals surface area contributed by atoms with Crippen LogP contribution in [-0.2, 0) is 20.9 Å². The molecule has 0 saturated heterocycles. The summed E-state index contributed by atoms with van der Waals surface area (Å²) in [5.41, 5.74) is 2.10. The van der Waals surface area contributed by atoms with Crippen LogP contribution in [0.2, 0.25) is 0 Å². The second kappa shape index (κ2) is 9.50. The molecule has 6 heteroatoms. The Morgan fingerprint density at radius 2 is 1.79 bits per heavy atom. The highest BCUT2D eigenvalue weighted by molar-refractivity contribution is 5.91. The molecule has 0 aliphatic heterocycles. The van der Waals surface area contributed by atoms with Crippen molar-refractivity contribution in [3.05, 3.63) is 47.5 Å². The minimum absolute atomic E-state index is 0.118. The molecule has 0 atom stereocenters. The third kappa shape index (κ3) is 6.64. The number of ether oxygens (including phenoxy) is 1. The molecule has 0 aliphatic carbocycles. The number of nitrogens with one attached hydrogen (secondary N) is 1. The molecular formula is C18H24N2O4. The van der Waals surface area contributed by atoms with E-state index in [0.717, 1.165) is 11.1 Å². The first kappa shape index (κ1) is 19.4. The Morgan fingerprint density at radius 1 is 1.17 bits per heavy atom. The summed E-state index contributed by atoms with van der Waals surface area (Å²) in [4.78, 5) is 36.4. The molecule has 0 fully saturated rings. The molecule has 1 aromatic carbocycles. The lowest BCUT2D eigenvalue weighted by atomic mass is 10.1. The van der Waals surface area contributed by atoms with Gasteiger partial charge in [-0.2, -0.15) is 0 Å². The van der Waals surface area contributed by atoms with E-state index >= 15 is 0 Å². The van der Waals surface area contributed by atoms with Crippen molar-refractivity contribution >= 4 is 17.8 Å². The summed E-state index contributed by atoms with van der Waals surface area (Å²) >= 11 is 0. The normalized spacial score (nSPS) is 9.96. The van der Waals surface area contributed by atoms with Crippen LogP contribution < -0.4 is 5.32 Å². The number of carbonyl (C=O) groups is 3. The average Bonchev–Trinajstić information content (AvgIpc) is 2.55. The fourth-order valence-corrected chi connectivity index (χ4v) is 1.99. The Labute approximate surface area is 142 Å². The van der Waals surface area contributed by atoms with E-state index in [-0.39, 0.29) is 18.4 Å². The predicted molar refractivity (Wildman–Crippen MR) is 91.3 cm³/mol. The number of likely N-dealkylation sites (N-methyl/N-ethyl adjacent to an activating group) is 1. The van der Waals surface area contributed by atoms with E-state index in [2.05, 4.69) is 11.9 Å². The highest BCUT2D eigenvalue weighted by Gasteiger charge is 2.15. The minimum Gasteiger partial charge on any atom is -0.452 e. The second-order valence-corrected chi connectivity index (χ2v) is 5.55. The van der Waals surface area contributed by atoms with Gasteiger partial charge in [-0.3, -0.25) is 9.59 Å². The fourth-order valence-electron chi connectivity index (χ4n) is 1.99. The summed E-state index contributed by atoms with van der Waals surface area (Å²) in [7, 11) is 0. The van der Waals surface area contributed by atoms with Crippen molar-refractivity contribution in [2.45, 2.75) is 27.3 Å². The summed E-state index contributed by atoms with van der Waals surface area (Å²) < 4.78 is 5.06. The lowest BCUT2D eigenvalue weighted by Gasteiger charge is -2.20. The Morgan fingerprint density at radius 3 is 2.29 bits per heavy atom. The van der Waals surface area contributed by atoms with E-state index in [0.29, 0.717) is 25.2 Å². The summed E-state index contributed by atoms with van der Waals surface area (Å²) in [5, 5.41) is 2.67. The first-order valence-corrected chi connectivity index (χ1v) is 7.76. The lowest BCUT2D eigenvalue weighted by Crippen LogP contribution is -2.35. The number of benzene rings is 1. The van der Waals surface area contributed by atoms with Gasteiger partial charge in [-0.25, -0.2) is 4.79 Å². The molecule has 0 bridgehead atoms. The molecule has 0 unspecified atom stereocenters. The van der Waals surface area contributed by atoms with Crippen LogP contribution in [0, 0.1) is 0 Å². The quantitative estimate of drug-likeness (QED) is 0.583. The number of hydrogen-bond acceptors (Lipinski definition) is 4. The molecular weight excluding hydrogens is 308 g/mol. The number of carbonyl (C=O) groups excluding carboxylic acids is 3. The van der Waals surface area contributed by atoms with E-state index in [1.54, 1.807) is 29.2 Å². The Bertz CT molecular complexity index is 608. The summed E-state index contributed by atoms with van der Waals surface area (Å²) in [5.74, 6) is -0.927. The van der Waals surface area contributed by atoms with Crippen molar-refractivity contribution in [3.8, 4) is 0 Å². The molecule has 0 heterocycles. The maximum Gasteiger partial charge on any atom is 0.338 e. The number of nitrogens with zero attached hydrogens (tertiary/aromatic N) is 1. The maximum atomic E-state index is 12.0. The van der Waals surface area contributed by atoms with Gasteiger partial charge in [-0.1, -0.05) is 24.3 Å². The summed E-state index contributed by atoms with van der Waals surface area (Å²) in [6.07, 6.45) is 0. The molecule has 0 aromatic heterocycles. The highest BCUT2D eigenvalue weighted by Crippen LogP contribution is 2.07. The van der Waals surface area contributed by atoms with Crippen LogP contribution in [0.15, 0.2) is 36.4 Å². The third-order valence-electron chi connectivity index (χ3n) is 3.25. The van der Waals surface area contributed by atoms with Gasteiger partial charge in [0, 0.05) is 26.6 Å². The van der Waals surface area contributed by atoms with E-state index < -0.39 is 5.97 Å². The first-order chi connectivity index (χ1) is 11.3. The molecule has 1 rings (SSSR count). The predicted octanol–water partition coefficient (Wildman–Crippen LogP) is 1.90. The lowest BCUT2D eigenvalue weighted by molar-refractivity contribution is -0.133. The molecule has 0 spiro atoms. The van der Waals surface area contributed by atoms with Crippen LogP contribution in [0.1, 0.15) is 36.7 Å². The number of rotatable bonds is 8. The molecule has 6 nitrogen and oxygen atoms in total. The summed E-state index contributed by atoms with van der Waals surface area (Å²) in [6.45, 7) is 9.99. The Kier molecular flexibility index (Phi) is 7.68. The SMILES string of the molecule is C=C(C)CN(CC)C(=O)COC(=O)c1ccc(CNC(C)=O)cc1. The third-order valence-corrected chi connectivity index (χ3v) is 3.25. The molecule has 0 radical (unpaired) electrons. The van der Waals surface area contributed by atoms with Gasteiger partial charge in [0.05, 0.1) is 5.56 Å². The first-order valence-electron chi connectivity index (χ1n) is 7.76. The second-order valence-electron chi connectivity index (χ2n) is 5.55. The molecule has 1 aromatic rings. The van der Waals surface area contributed by atoms with Crippen LogP contribution in [0.4, 0.5) is 0 Å². The van der Waals surface area contributed by atoms with Crippen LogP contribution in [-0.4, -0.2) is 42.4 Å². The molecule has 1 N–H and O–H groups in total. The van der Waals surface area contributed by atoms with Crippen molar-refractivity contribution < 1.29 is 19.1 Å². The standard InChI is InChI=1S/C18H24N2O4/c1-5-20(11-13(2)3)17(22)12-24-18(23)16-8-6-15(7-9-16)10-19-14(4)21/h6-9H,2,5,10-12H2,1,3-4H3,(H,19,21). The number of esters is 1. The van der Waals surface area contributed by atoms with Crippen LogP contribution >= 0.6 is 0 Å². The largest absolute Gasteiger partial charge is 0.452 e. The van der Waals surface area contributed by atoms with Crippen molar-refractivity contribution in [1.29, 1.82) is 0 Å². The van der Waals surface area contributed by atoms with Crippen molar-refractivity contribution in [2.75, 3.05) is 19.7 Å². The van der Waals surface area contributed by atoms with Gasteiger partial charge in [0.2, 0.25) is 5.91 Å². The minimum atomic E-state index is -0.555. The van der Waals surface area contributed by atoms with Crippen LogP contribution in [0.3, 0.4) is 0 Å². The van der Waals surface area contributed by atoms with Gasteiger partial charge in [0.1, 0.15) is 0 Å². The van der Waals surface area contributed by atoms with Crippen LogP contribution in [0.25, 0.3) is 0 Å². The molecule has 24 heavy (non-hydrogen) atoms. The molecule has 0 aliphatic rings.